The molecular formula is C44H42FN7O3. The first-order chi connectivity index (χ1) is 26.6. The third-order valence-electron chi connectivity index (χ3n) is 11.4. The Hall–Kier alpha value is -6.15. The van der Waals surface area contributed by atoms with Crippen LogP contribution >= 0.6 is 0 Å². The lowest BCUT2D eigenvalue weighted by Crippen LogP contribution is -2.38. The number of amides is 2. The fourth-order valence-electron chi connectivity index (χ4n) is 7.65. The first kappa shape index (κ1) is 35.9. The van der Waals surface area contributed by atoms with Crippen molar-refractivity contribution in [3.05, 3.63) is 118 Å². The molecule has 5 aromatic rings. The van der Waals surface area contributed by atoms with Crippen LogP contribution in [0.5, 0.6) is 0 Å². The fourth-order valence-corrected chi connectivity index (χ4v) is 7.65. The normalized spacial score (nSPS) is 17.4. The Morgan fingerprint density at radius 3 is 2.44 bits per heavy atom. The highest BCUT2D eigenvalue weighted by atomic mass is 19.1. The number of benzene rings is 2. The second-order valence-corrected chi connectivity index (χ2v) is 15.4. The van der Waals surface area contributed by atoms with E-state index in [-0.39, 0.29) is 40.0 Å². The third kappa shape index (κ3) is 7.49. The molecule has 2 amide bonds. The topological polar surface area (TPSA) is 147 Å². The fraction of sp³-hybridized carbons (Fsp3) is 0.318. The van der Waals surface area contributed by atoms with Gasteiger partial charge in [0, 0.05) is 72.7 Å². The maximum Gasteiger partial charge on any atom is 0.261 e. The molecule has 1 aliphatic heterocycles. The predicted molar refractivity (Wildman–Crippen MR) is 209 cm³/mol. The molecule has 3 fully saturated rings. The Bertz CT molecular complexity index is 2390. The van der Waals surface area contributed by atoms with Gasteiger partial charge >= 0.3 is 0 Å². The Morgan fingerprint density at radius 1 is 0.964 bits per heavy atom. The number of aryl methyl sites for hydroxylation is 1. The number of nitrogens with one attached hydrogen (secondary N) is 1. The Labute approximate surface area is 318 Å². The van der Waals surface area contributed by atoms with Crippen molar-refractivity contribution in [3.63, 3.8) is 0 Å². The van der Waals surface area contributed by atoms with Gasteiger partial charge in [0.15, 0.2) is 0 Å². The molecule has 3 N–H and O–H groups in total. The summed E-state index contributed by atoms with van der Waals surface area (Å²) in [4.78, 5) is 50.6. The monoisotopic (exact) mass is 735 g/mol. The number of carbonyl (C=O) groups is 2. The molecule has 0 unspecified atom stereocenters. The van der Waals surface area contributed by atoms with Gasteiger partial charge in [-0.3, -0.25) is 19.4 Å². The highest BCUT2D eigenvalue weighted by Gasteiger charge is 2.47. The number of hydrogen-bond acceptors (Lipinski definition) is 7. The molecular weight excluding hydrogens is 694 g/mol. The van der Waals surface area contributed by atoms with Crippen molar-refractivity contribution in [2.24, 2.45) is 11.3 Å². The van der Waals surface area contributed by atoms with E-state index in [2.05, 4.69) is 21.4 Å². The Kier molecular flexibility index (Phi) is 9.51. The Balaban J connectivity index is 0.992. The van der Waals surface area contributed by atoms with Crippen molar-refractivity contribution in [2.75, 3.05) is 17.6 Å². The van der Waals surface area contributed by atoms with Crippen LogP contribution in [0.4, 0.5) is 15.9 Å². The number of carbonyl (C=O) groups excluding carboxylic acids is 2. The van der Waals surface area contributed by atoms with Crippen LogP contribution in [0.25, 0.3) is 33.5 Å². The van der Waals surface area contributed by atoms with Crippen molar-refractivity contribution in [1.29, 1.82) is 5.26 Å². The summed E-state index contributed by atoms with van der Waals surface area (Å²) in [6, 6.07) is 20.3. The molecule has 2 aliphatic carbocycles. The number of likely N-dealkylation sites (tertiary alicyclic amines) is 1. The van der Waals surface area contributed by atoms with Crippen molar-refractivity contribution in [3.8, 4) is 39.6 Å². The van der Waals surface area contributed by atoms with E-state index in [0.29, 0.717) is 48.7 Å². The van der Waals surface area contributed by atoms with Gasteiger partial charge in [-0.15, -0.1) is 0 Å². The van der Waals surface area contributed by atoms with Crippen LogP contribution in [-0.4, -0.2) is 43.8 Å². The van der Waals surface area contributed by atoms with Crippen LogP contribution in [-0.2, 0) is 17.8 Å². The van der Waals surface area contributed by atoms with Crippen LogP contribution in [0.3, 0.4) is 0 Å². The summed E-state index contributed by atoms with van der Waals surface area (Å²) in [7, 11) is 0. The van der Waals surface area contributed by atoms with E-state index in [9.17, 15) is 19.6 Å². The predicted octanol–water partition coefficient (Wildman–Crippen LogP) is 7.56. The summed E-state index contributed by atoms with van der Waals surface area (Å²) in [6.07, 6.45) is 13.7. The van der Waals surface area contributed by atoms with Gasteiger partial charge in [-0.1, -0.05) is 36.8 Å². The minimum atomic E-state index is -0.638. The zero-order chi connectivity index (χ0) is 38.3. The molecule has 1 saturated heterocycles. The molecule has 3 aromatic heterocycles. The molecule has 278 valence electrons. The first-order valence-corrected chi connectivity index (χ1v) is 18.9. The number of nitriles is 1. The highest BCUT2D eigenvalue weighted by molar-refractivity contribution is 6.04. The van der Waals surface area contributed by atoms with E-state index in [0.717, 1.165) is 54.4 Å². The van der Waals surface area contributed by atoms with Gasteiger partial charge in [-0.2, -0.15) is 5.26 Å². The number of nitrogens with zero attached hydrogens (tertiary/aromatic N) is 5. The van der Waals surface area contributed by atoms with E-state index in [1.165, 1.54) is 12.5 Å². The summed E-state index contributed by atoms with van der Waals surface area (Å²) in [5.74, 6) is -0.492. The molecule has 10 nitrogen and oxygen atoms in total. The maximum absolute atomic E-state index is 15.8. The lowest BCUT2D eigenvalue weighted by Gasteiger charge is -2.27. The SMILES string of the molecule is Cc1ccc(-c2cn(CC3CCC3)cc(C(=O)Nc3ccc(-c4cc(-c5ccc(C[C@@H]6CCC(=O)N6CC6(C#N)CC6)cc5)cnc4N)c(F)c3)c2=O)nc1. The maximum atomic E-state index is 15.8. The van der Waals surface area contributed by atoms with Crippen molar-refractivity contribution in [2.45, 2.75) is 70.9 Å². The Morgan fingerprint density at radius 2 is 1.76 bits per heavy atom. The second-order valence-electron chi connectivity index (χ2n) is 15.4. The van der Waals surface area contributed by atoms with Crippen LogP contribution in [0.1, 0.15) is 66.4 Å². The third-order valence-corrected chi connectivity index (χ3v) is 11.4. The second kappa shape index (κ2) is 14.6. The molecule has 1 atom stereocenters. The minimum Gasteiger partial charge on any atom is -0.383 e. The number of aromatic nitrogens is 3. The number of nitrogen functional groups attached to an aromatic ring is 1. The molecule has 0 radical (unpaired) electrons. The number of nitrogens with two attached hydrogens (primary N) is 1. The largest absolute Gasteiger partial charge is 0.383 e. The molecule has 0 spiro atoms. The zero-order valence-electron chi connectivity index (χ0n) is 30.7. The van der Waals surface area contributed by atoms with Gasteiger partial charge in [-0.25, -0.2) is 9.37 Å². The molecule has 4 heterocycles. The smallest absolute Gasteiger partial charge is 0.261 e. The van der Waals surface area contributed by atoms with Gasteiger partial charge in [-0.05, 0) is 98.4 Å². The molecule has 11 heteroatoms. The quantitative estimate of drug-likeness (QED) is 0.142. The van der Waals surface area contributed by atoms with Gasteiger partial charge in [0.25, 0.3) is 5.91 Å². The average Bonchev–Trinajstić information content (AvgIpc) is 3.87. The lowest BCUT2D eigenvalue weighted by atomic mass is 9.85. The molecule has 0 bridgehead atoms. The van der Waals surface area contributed by atoms with Gasteiger partial charge in [0.05, 0.1) is 22.7 Å². The van der Waals surface area contributed by atoms with Gasteiger partial charge in [0.2, 0.25) is 11.3 Å². The standard InChI is InChI=1S/C44H42FN7O3/c1-27-5-13-39(48-20-27)36-23-51(22-29-3-2-4-29)24-37(41(36)54)43(55)50-32-10-12-34(38(45)19-32)35-18-31(21-49-42(35)47)30-8-6-28(7-9-30)17-33-11-14-40(53)52(33)26-44(25-46)15-16-44/h5-10,12-13,18-21,23-24,29,33H,2-4,11,14-17,22,26H2,1H3,(H2,47,49)(H,50,55)/t33-/m0/s1. The van der Waals surface area contributed by atoms with Crippen LogP contribution in [0.15, 0.2) is 90.2 Å². The van der Waals surface area contributed by atoms with Crippen molar-refractivity contribution < 1.29 is 14.0 Å². The van der Waals surface area contributed by atoms with Gasteiger partial charge in [0.1, 0.15) is 17.2 Å². The van der Waals surface area contributed by atoms with Crippen molar-refractivity contribution in [1.82, 2.24) is 19.4 Å². The van der Waals surface area contributed by atoms with Crippen LogP contribution in [0, 0.1) is 35.4 Å². The van der Waals surface area contributed by atoms with Crippen LogP contribution in [0.2, 0.25) is 0 Å². The molecule has 55 heavy (non-hydrogen) atoms. The zero-order valence-corrected chi connectivity index (χ0v) is 30.7. The van der Waals surface area contributed by atoms with E-state index in [4.69, 9.17) is 5.73 Å². The summed E-state index contributed by atoms with van der Waals surface area (Å²) in [5, 5.41) is 12.3. The summed E-state index contributed by atoms with van der Waals surface area (Å²) >= 11 is 0. The lowest BCUT2D eigenvalue weighted by molar-refractivity contribution is -0.129. The first-order valence-electron chi connectivity index (χ1n) is 18.9. The number of pyridine rings is 3. The summed E-state index contributed by atoms with van der Waals surface area (Å²) in [5.41, 5.74) is 10.7. The number of rotatable bonds is 11. The van der Waals surface area contributed by atoms with E-state index in [1.807, 2.05) is 46.7 Å². The van der Waals surface area contributed by atoms with E-state index < -0.39 is 17.2 Å². The summed E-state index contributed by atoms with van der Waals surface area (Å²) in [6.45, 7) is 3.12. The molecule has 2 saturated carbocycles. The summed E-state index contributed by atoms with van der Waals surface area (Å²) < 4.78 is 17.7. The molecule has 3 aliphatic rings. The number of anilines is 2. The van der Waals surface area contributed by atoms with Crippen molar-refractivity contribution >= 4 is 23.3 Å². The van der Waals surface area contributed by atoms with Crippen LogP contribution < -0.4 is 16.5 Å². The highest BCUT2D eigenvalue weighted by Crippen LogP contribution is 2.47. The van der Waals surface area contributed by atoms with E-state index >= 15 is 4.39 Å². The molecule has 8 rings (SSSR count). The van der Waals surface area contributed by atoms with Gasteiger partial charge < -0.3 is 20.5 Å². The minimum absolute atomic E-state index is 0.0458. The number of halogens is 1. The average molecular weight is 736 g/mol. The van der Waals surface area contributed by atoms with E-state index in [1.54, 1.807) is 49.1 Å². The molecule has 2 aromatic carbocycles. The number of hydrogen-bond donors (Lipinski definition) is 2.